The largest absolute Gasteiger partial charge is 0.456 e. The molecule has 5 aromatic heterocycles. The number of aromatic nitrogens is 5. The molecule has 0 N–H and O–H groups in total. The van der Waals surface area contributed by atoms with Gasteiger partial charge in [0.2, 0.25) is 0 Å². The highest BCUT2D eigenvalue weighted by Crippen LogP contribution is 2.43. The minimum atomic E-state index is 0.537. The van der Waals surface area contributed by atoms with Crippen LogP contribution in [0.1, 0.15) is 0 Å². The molecule has 15 rings (SSSR count). The molecular weight excluding hydrogens is 835 g/mol. The molecule has 0 saturated carbocycles. The van der Waals surface area contributed by atoms with Gasteiger partial charge in [0.05, 0.1) is 27.8 Å². The highest BCUT2D eigenvalue weighted by Gasteiger charge is 2.24. The summed E-state index contributed by atoms with van der Waals surface area (Å²) < 4.78 is 17.8. The van der Waals surface area contributed by atoms with Crippen LogP contribution < -0.4 is 0 Å². The van der Waals surface area contributed by atoms with Gasteiger partial charge in [0, 0.05) is 71.5 Å². The van der Waals surface area contributed by atoms with Crippen LogP contribution in [0.15, 0.2) is 221 Å². The summed E-state index contributed by atoms with van der Waals surface area (Å²) >= 11 is 0. The number of hydrogen-bond donors (Lipinski definition) is 0. The van der Waals surface area contributed by atoms with Crippen LogP contribution in [0.25, 0.3) is 144 Å². The summed E-state index contributed by atoms with van der Waals surface area (Å²) in [5.41, 5.74) is 12.1. The Morgan fingerprint density at radius 1 is 0.294 bits per heavy atom. The van der Waals surface area contributed by atoms with E-state index in [4.69, 9.17) is 23.8 Å². The third-order valence-electron chi connectivity index (χ3n) is 13.7. The van der Waals surface area contributed by atoms with Gasteiger partial charge in [-0.3, -0.25) is 0 Å². The molecular formula is C61H35N5O2. The second-order valence-corrected chi connectivity index (χ2v) is 17.6. The maximum atomic E-state index is 6.66. The minimum absolute atomic E-state index is 0.537. The lowest BCUT2D eigenvalue weighted by Crippen LogP contribution is -2.04. The van der Waals surface area contributed by atoms with E-state index in [9.17, 15) is 0 Å². The van der Waals surface area contributed by atoms with Crippen LogP contribution >= 0.6 is 0 Å². The van der Waals surface area contributed by atoms with E-state index in [1.54, 1.807) is 0 Å². The van der Waals surface area contributed by atoms with Gasteiger partial charge in [-0.1, -0.05) is 121 Å². The summed E-state index contributed by atoms with van der Waals surface area (Å²) in [7, 11) is 0. The van der Waals surface area contributed by atoms with Crippen LogP contribution in [-0.2, 0) is 0 Å². The van der Waals surface area contributed by atoms with Crippen molar-refractivity contribution in [3.63, 3.8) is 0 Å². The van der Waals surface area contributed by atoms with Crippen molar-refractivity contribution in [3.05, 3.63) is 212 Å². The molecule has 0 fully saturated rings. The molecule has 316 valence electrons. The van der Waals surface area contributed by atoms with E-state index in [-0.39, 0.29) is 0 Å². The zero-order valence-corrected chi connectivity index (χ0v) is 36.3. The van der Waals surface area contributed by atoms with Crippen molar-refractivity contribution in [2.75, 3.05) is 0 Å². The number of benzene rings is 10. The van der Waals surface area contributed by atoms with Crippen LogP contribution in [0.4, 0.5) is 0 Å². The summed E-state index contributed by atoms with van der Waals surface area (Å²) in [6, 6.07) is 74.5. The zero-order chi connectivity index (χ0) is 44.5. The Bertz CT molecular complexity index is 4570. The molecule has 68 heavy (non-hydrogen) atoms. The maximum absolute atomic E-state index is 6.66. The average molecular weight is 870 g/mol. The molecule has 0 amide bonds. The Hall–Kier alpha value is -9.33. The average Bonchev–Trinajstić information content (AvgIpc) is 4.14. The monoisotopic (exact) mass is 869 g/mol. The first-order valence-electron chi connectivity index (χ1n) is 22.8. The van der Waals surface area contributed by atoms with Gasteiger partial charge in [-0.15, -0.1) is 0 Å². The molecule has 10 aromatic carbocycles. The fourth-order valence-electron chi connectivity index (χ4n) is 10.6. The Morgan fingerprint density at radius 2 is 0.809 bits per heavy atom. The van der Waals surface area contributed by atoms with Gasteiger partial charge in [0.15, 0.2) is 17.5 Å². The van der Waals surface area contributed by atoms with Crippen molar-refractivity contribution in [1.82, 2.24) is 24.1 Å². The lowest BCUT2D eigenvalue weighted by atomic mass is 10.0. The van der Waals surface area contributed by atoms with Crippen molar-refractivity contribution < 1.29 is 8.83 Å². The summed E-state index contributed by atoms with van der Waals surface area (Å²) in [5.74, 6) is 1.63. The molecule has 0 aliphatic carbocycles. The second kappa shape index (κ2) is 14.1. The lowest BCUT2D eigenvalue weighted by Gasteiger charge is -2.15. The van der Waals surface area contributed by atoms with E-state index >= 15 is 0 Å². The summed E-state index contributed by atoms with van der Waals surface area (Å²) in [6.07, 6.45) is 0. The standard InChI is InChI=1S/C61H35N5O2/c1-2-16-40(17-3-1)65-50-22-10-6-18-41(50)46-31-38(27-29-52(46)65)59-62-60(39-26-28-45-43-20-8-12-24-55(43)67-57(45)33-39)64-61(63-59)49-34-48-44-21-9-13-25-56(44)68-58(48)35-54(49)66-51-23-11-7-19-42(51)47-30-36-14-4-5-15-37(36)32-53(47)66/h1-35H. The molecule has 7 heteroatoms. The Labute approximate surface area is 387 Å². The smallest absolute Gasteiger partial charge is 0.166 e. The molecule has 0 unspecified atom stereocenters. The van der Waals surface area contributed by atoms with E-state index in [0.717, 1.165) is 121 Å². The molecule has 0 aliphatic rings. The van der Waals surface area contributed by atoms with Crippen LogP contribution in [0.2, 0.25) is 0 Å². The van der Waals surface area contributed by atoms with E-state index < -0.39 is 0 Å². The second-order valence-electron chi connectivity index (χ2n) is 17.6. The lowest BCUT2D eigenvalue weighted by molar-refractivity contribution is 0.668. The zero-order valence-electron chi connectivity index (χ0n) is 36.3. The number of hydrogen-bond acceptors (Lipinski definition) is 5. The highest BCUT2D eigenvalue weighted by molar-refractivity contribution is 6.15. The fourth-order valence-corrected chi connectivity index (χ4v) is 10.6. The predicted octanol–water partition coefficient (Wildman–Crippen LogP) is 16.0. The van der Waals surface area contributed by atoms with E-state index in [1.165, 1.54) is 5.39 Å². The number of para-hydroxylation sites is 5. The molecule has 7 nitrogen and oxygen atoms in total. The van der Waals surface area contributed by atoms with Crippen molar-refractivity contribution in [2.45, 2.75) is 0 Å². The Balaban J connectivity index is 1.04. The summed E-state index contributed by atoms with van der Waals surface area (Å²) in [6.45, 7) is 0. The first kappa shape index (κ1) is 36.9. The first-order valence-corrected chi connectivity index (χ1v) is 22.8. The minimum Gasteiger partial charge on any atom is -0.456 e. The van der Waals surface area contributed by atoms with Gasteiger partial charge in [0.25, 0.3) is 0 Å². The number of nitrogens with zero attached hydrogens (tertiary/aromatic N) is 5. The van der Waals surface area contributed by atoms with E-state index in [2.05, 4.69) is 191 Å². The van der Waals surface area contributed by atoms with Crippen LogP contribution in [0.3, 0.4) is 0 Å². The fraction of sp³-hybridized carbons (Fsp3) is 0. The molecule has 0 aliphatic heterocycles. The van der Waals surface area contributed by atoms with Gasteiger partial charge in [-0.2, -0.15) is 0 Å². The third-order valence-corrected chi connectivity index (χ3v) is 13.7. The van der Waals surface area contributed by atoms with Gasteiger partial charge in [0.1, 0.15) is 22.3 Å². The van der Waals surface area contributed by atoms with E-state index in [0.29, 0.717) is 17.5 Å². The van der Waals surface area contributed by atoms with Crippen LogP contribution in [-0.4, -0.2) is 24.1 Å². The van der Waals surface area contributed by atoms with Gasteiger partial charge < -0.3 is 18.0 Å². The SMILES string of the molecule is c1ccc(-n2c3ccccc3c3cc(-c4nc(-c5ccc6c(c5)oc5ccccc56)nc(-c5cc6c(cc5-n5c7ccccc7c7cc8ccccc8cc75)oc5ccccc56)n4)ccc32)cc1. The molecule has 5 heterocycles. The molecule has 0 spiro atoms. The first-order chi connectivity index (χ1) is 33.7. The van der Waals surface area contributed by atoms with Gasteiger partial charge in [-0.25, -0.2) is 15.0 Å². The quantitative estimate of drug-likeness (QED) is 0.172. The molecule has 15 aromatic rings. The van der Waals surface area contributed by atoms with Gasteiger partial charge in [-0.05, 0) is 95.7 Å². The number of rotatable bonds is 5. The Morgan fingerprint density at radius 3 is 1.54 bits per heavy atom. The van der Waals surface area contributed by atoms with Crippen LogP contribution in [0, 0.1) is 0 Å². The third kappa shape index (κ3) is 5.44. The van der Waals surface area contributed by atoms with Crippen molar-refractivity contribution in [3.8, 4) is 45.5 Å². The van der Waals surface area contributed by atoms with Crippen molar-refractivity contribution in [2.24, 2.45) is 0 Å². The number of furan rings is 2. The van der Waals surface area contributed by atoms with Gasteiger partial charge >= 0.3 is 0 Å². The van der Waals surface area contributed by atoms with Crippen molar-refractivity contribution >= 4 is 98.3 Å². The van der Waals surface area contributed by atoms with Crippen molar-refractivity contribution in [1.29, 1.82) is 0 Å². The topological polar surface area (TPSA) is 74.8 Å². The summed E-state index contributed by atoms with van der Waals surface area (Å²) in [5, 5.41) is 11.0. The number of fused-ring (bicyclic) bond motifs is 13. The normalized spacial score (nSPS) is 12.1. The Kier molecular flexibility index (Phi) is 7.65. The highest BCUT2D eigenvalue weighted by atomic mass is 16.3. The molecule has 0 atom stereocenters. The predicted molar refractivity (Wildman–Crippen MR) is 277 cm³/mol. The molecule has 0 radical (unpaired) electrons. The maximum Gasteiger partial charge on any atom is 0.166 e. The van der Waals surface area contributed by atoms with E-state index in [1.807, 2.05) is 30.3 Å². The molecule has 0 saturated heterocycles. The molecule has 0 bridgehead atoms. The summed E-state index contributed by atoms with van der Waals surface area (Å²) in [4.78, 5) is 16.3. The van der Waals surface area contributed by atoms with Crippen LogP contribution in [0.5, 0.6) is 0 Å².